The van der Waals surface area contributed by atoms with Gasteiger partial charge in [0.25, 0.3) is 0 Å². The Kier molecular flexibility index (Phi) is 3.97. The zero-order valence-electron chi connectivity index (χ0n) is 11.1. The van der Waals surface area contributed by atoms with Crippen LogP contribution in [0.4, 0.5) is 14.5 Å². The summed E-state index contributed by atoms with van der Waals surface area (Å²) < 4.78 is 26.7. The maximum atomic E-state index is 13.9. The predicted octanol–water partition coefficient (Wildman–Crippen LogP) is 5.31. The van der Waals surface area contributed by atoms with Gasteiger partial charge in [0, 0.05) is 22.7 Å². The van der Waals surface area contributed by atoms with Gasteiger partial charge in [-0.25, -0.2) is 8.78 Å². The van der Waals surface area contributed by atoms with E-state index in [2.05, 4.69) is 5.32 Å². The van der Waals surface area contributed by atoms with Crippen molar-refractivity contribution < 1.29 is 8.78 Å². The van der Waals surface area contributed by atoms with Crippen molar-refractivity contribution in [3.8, 4) is 10.4 Å². The molecule has 1 aromatic heterocycles. The van der Waals surface area contributed by atoms with Crippen LogP contribution < -0.4 is 5.32 Å². The van der Waals surface area contributed by atoms with E-state index in [1.165, 1.54) is 29.5 Å². The van der Waals surface area contributed by atoms with Gasteiger partial charge in [0.15, 0.2) is 0 Å². The fourth-order valence-electron chi connectivity index (χ4n) is 2.07. The summed E-state index contributed by atoms with van der Waals surface area (Å²) in [5, 5.41) is 5.12. The first-order valence-corrected chi connectivity index (χ1v) is 7.42. The molecule has 0 atom stereocenters. The number of rotatable bonds is 4. The second-order valence-electron chi connectivity index (χ2n) is 4.65. The van der Waals surface area contributed by atoms with Crippen LogP contribution >= 0.6 is 11.3 Å². The third-order valence-corrected chi connectivity index (χ3v) is 4.06. The van der Waals surface area contributed by atoms with Gasteiger partial charge in [-0.2, -0.15) is 0 Å². The van der Waals surface area contributed by atoms with E-state index >= 15 is 0 Å². The third-order valence-electron chi connectivity index (χ3n) is 3.16. The van der Waals surface area contributed by atoms with E-state index in [0.717, 1.165) is 16.1 Å². The van der Waals surface area contributed by atoms with Crippen LogP contribution in [0.2, 0.25) is 0 Å². The molecular weight excluding hydrogens is 288 g/mol. The molecule has 0 bridgehead atoms. The summed E-state index contributed by atoms with van der Waals surface area (Å²) in [6.07, 6.45) is 0. The third kappa shape index (κ3) is 3.28. The van der Waals surface area contributed by atoms with E-state index in [9.17, 15) is 8.78 Å². The second-order valence-corrected chi connectivity index (χ2v) is 5.60. The Labute approximate surface area is 125 Å². The zero-order chi connectivity index (χ0) is 14.7. The summed E-state index contributed by atoms with van der Waals surface area (Å²) >= 11 is 1.51. The Balaban J connectivity index is 1.77. The van der Waals surface area contributed by atoms with Crippen LogP contribution in [-0.4, -0.2) is 0 Å². The van der Waals surface area contributed by atoms with Gasteiger partial charge < -0.3 is 5.32 Å². The number of thiophene rings is 1. The lowest BCUT2D eigenvalue weighted by atomic mass is 10.1. The summed E-state index contributed by atoms with van der Waals surface area (Å²) in [5.74, 6) is -0.481. The van der Waals surface area contributed by atoms with Crippen LogP contribution in [0.5, 0.6) is 0 Å². The Bertz CT molecular complexity index is 721. The minimum Gasteiger partial charge on any atom is -0.381 e. The molecule has 1 heterocycles. The molecule has 0 saturated carbocycles. The monoisotopic (exact) mass is 301 g/mol. The second kappa shape index (κ2) is 6.06. The smallest absolute Gasteiger partial charge is 0.131 e. The molecule has 0 saturated heterocycles. The molecule has 1 N–H and O–H groups in total. The molecule has 0 aliphatic carbocycles. The SMILES string of the molecule is Fc1ccc(NCc2ccc(F)c(-c3cccs3)c2)cc1. The lowest BCUT2D eigenvalue weighted by Crippen LogP contribution is -2.00. The summed E-state index contributed by atoms with van der Waals surface area (Å²) in [6, 6.07) is 15.1. The van der Waals surface area contributed by atoms with E-state index in [1.54, 1.807) is 18.2 Å². The molecule has 0 unspecified atom stereocenters. The number of halogens is 2. The highest BCUT2D eigenvalue weighted by molar-refractivity contribution is 7.13. The van der Waals surface area contributed by atoms with Crippen LogP contribution in [-0.2, 0) is 6.54 Å². The molecule has 0 amide bonds. The van der Waals surface area contributed by atoms with E-state index in [4.69, 9.17) is 0 Å². The number of nitrogens with one attached hydrogen (secondary N) is 1. The van der Waals surface area contributed by atoms with E-state index in [0.29, 0.717) is 12.1 Å². The summed E-state index contributed by atoms with van der Waals surface area (Å²) in [5.41, 5.74) is 2.42. The summed E-state index contributed by atoms with van der Waals surface area (Å²) in [4.78, 5) is 0.913. The van der Waals surface area contributed by atoms with Crippen LogP contribution in [0.3, 0.4) is 0 Å². The molecule has 0 spiro atoms. The molecule has 1 nitrogen and oxygen atoms in total. The molecule has 0 aliphatic rings. The minimum absolute atomic E-state index is 0.219. The largest absolute Gasteiger partial charge is 0.381 e. The fourth-order valence-corrected chi connectivity index (χ4v) is 2.82. The molecule has 4 heteroatoms. The van der Waals surface area contributed by atoms with Crippen molar-refractivity contribution in [2.24, 2.45) is 0 Å². The van der Waals surface area contributed by atoms with Gasteiger partial charge in [-0.15, -0.1) is 11.3 Å². The molecule has 0 fully saturated rings. The molecule has 2 aromatic carbocycles. The van der Waals surface area contributed by atoms with Gasteiger partial charge in [0.1, 0.15) is 11.6 Å². The van der Waals surface area contributed by atoms with E-state index < -0.39 is 0 Å². The first-order valence-electron chi connectivity index (χ1n) is 6.54. The Morgan fingerprint density at radius 1 is 0.952 bits per heavy atom. The van der Waals surface area contributed by atoms with Gasteiger partial charge in [0.2, 0.25) is 0 Å². The van der Waals surface area contributed by atoms with Crippen molar-refractivity contribution in [1.82, 2.24) is 0 Å². The van der Waals surface area contributed by atoms with Crippen molar-refractivity contribution >= 4 is 17.0 Å². The summed E-state index contributed by atoms with van der Waals surface area (Å²) in [7, 11) is 0. The first-order chi connectivity index (χ1) is 10.2. The van der Waals surface area contributed by atoms with Crippen LogP contribution in [0.15, 0.2) is 60.0 Å². The van der Waals surface area contributed by atoms with Gasteiger partial charge in [-0.3, -0.25) is 0 Å². The van der Waals surface area contributed by atoms with Crippen molar-refractivity contribution in [3.05, 3.63) is 77.2 Å². The van der Waals surface area contributed by atoms with E-state index in [-0.39, 0.29) is 11.6 Å². The van der Waals surface area contributed by atoms with Crippen molar-refractivity contribution in [3.63, 3.8) is 0 Å². The molecule has 3 aromatic rings. The number of anilines is 1. The quantitative estimate of drug-likeness (QED) is 0.689. The standard InChI is InChI=1S/C17H13F2NS/c18-13-4-6-14(7-5-13)20-11-12-3-8-16(19)15(10-12)17-2-1-9-21-17/h1-10,20H,11H2. The Hall–Kier alpha value is -2.20. The summed E-state index contributed by atoms with van der Waals surface area (Å²) in [6.45, 7) is 0.560. The van der Waals surface area contributed by atoms with Crippen molar-refractivity contribution in [2.75, 3.05) is 5.32 Å². The molecule has 21 heavy (non-hydrogen) atoms. The molecular formula is C17H13F2NS. The normalized spacial score (nSPS) is 10.6. The predicted molar refractivity (Wildman–Crippen MR) is 83.4 cm³/mol. The molecule has 106 valence electrons. The Morgan fingerprint density at radius 3 is 2.48 bits per heavy atom. The maximum absolute atomic E-state index is 13.9. The highest BCUT2D eigenvalue weighted by atomic mass is 32.1. The van der Waals surface area contributed by atoms with Crippen molar-refractivity contribution in [2.45, 2.75) is 6.54 Å². The number of hydrogen-bond acceptors (Lipinski definition) is 2. The minimum atomic E-state index is -0.262. The van der Waals surface area contributed by atoms with Crippen LogP contribution in [0, 0.1) is 11.6 Å². The van der Waals surface area contributed by atoms with Gasteiger partial charge in [-0.1, -0.05) is 12.1 Å². The first kappa shape index (κ1) is 13.8. The topological polar surface area (TPSA) is 12.0 Å². The fraction of sp³-hybridized carbons (Fsp3) is 0.0588. The van der Waals surface area contributed by atoms with Gasteiger partial charge in [-0.05, 0) is 53.4 Å². The average Bonchev–Trinajstić information content (AvgIpc) is 3.02. The highest BCUT2D eigenvalue weighted by Crippen LogP contribution is 2.28. The molecule has 0 radical (unpaired) electrons. The zero-order valence-corrected chi connectivity index (χ0v) is 12.0. The number of benzene rings is 2. The van der Waals surface area contributed by atoms with Crippen LogP contribution in [0.25, 0.3) is 10.4 Å². The molecule has 3 rings (SSSR count). The number of hydrogen-bond donors (Lipinski definition) is 1. The molecule has 0 aliphatic heterocycles. The Morgan fingerprint density at radius 2 is 1.76 bits per heavy atom. The highest BCUT2D eigenvalue weighted by Gasteiger charge is 2.07. The van der Waals surface area contributed by atoms with E-state index in [1.807, 2.05) is 23.6 Å². The van der Waals surface area contributed by atoms with Crippen LogP contribution in [0.1, 0.15) is 5.56 Å². The lowest BCUT2D eigenvalue weighted by molar-refractivity contribution is 0.628. The van der Waals surface area contributed by atoms with Gasteiger partial charge >= 0.3 is 0 Å². The maximum Gasteiger partial charge on any atom is 0.131 e. The lowest BCUT2D eigenvalue weighted by Gasteiger charge is -2.08. The van der Waals surface area contributed by atoms with Crippen molar-refractivity contribution in [1.29, 1.82) is 0 Å². The average molecular weight is 301 g/mol. The van der Waals surface area contributed by atoms with Gasteiger partial charge in [0.05, 0.1) is 0 Å².